The average Bonchev–Trinajstić information content (AvgIpc) is 3.05. The van der Waals surface area contributed by atoms with Gasteiger partial charge in [0.15, 0.2) is 5.54 Å². The molecule has 5 rings (SSSR count). The maximum Gasteiger partial charge on any atom is 0.299 e. The summed E-state index contributed by atoms with van der Waals surface area (Å²) in [6, 6.07) is 30.0. The third kappa shape index (κ3) is 5.08. The van der Waals surface area contributed by atoms with Crippen LogP contribution in [0.4, 0.5) is 13.2 Å². The molecule has 0 aliphatic carbocycles. The second kappa shape index (κ2) is 10.9. The highest BCUT2D eigenvalue weighted by Crippen LogP contribution is 2.45. The molecule has 1 aliphatic rings. The van der Waals surface area contributed by atoms with Crippen LogP contribution < -0.4 is 5.32 Å². The van der Waals surface area contributed by atoms with E-state index in [0.29, 0.717) is 4.47 Å². The van der Waals surface area contributed by atoms with E-state index < -0.39 is 29.4 Å². The van der Waals surface area contributed by atoms with Gasteiger partial charge in [0, 0.05) is 10.0 Å². The van der Waals surface area contributed by atoms with Crippen molar-refractivity contribution in [3.63, 3.8) is 0 Å². The Bertz CT molecular complexity index is 1480. The highest BCUT2D eigenvalue weighted by atomic mass is 79.9. The van der Waals surface area contributed by atoms with E-state index in [2.05, 4.69) is 26.2 Å². The van der Waals surface area contributed by atoms with E-state index in [-0.39, 0.29) is 18.0 Å². The highest BCUT2D eigenvalue weighted by Gasteiger charge is 2.55. The molecule has 0 fully saturated rings. The van der Waals surface area contributed by atoms with Crippen LogP contribution in [0.1, 0.15) is 40.3 Å². The molecule has 7 heteroatoms. The van der Waals surface area contributed by atoms with Crippen molar-refractivity contribution in [2.75, 3.05) is 13.2 Å². The number of amidine groups is 1. The van der Waals surface area contributed by atoms with E-state index in [4.69, 9.17) is 4.74 Å². The van der Waals surface area contributed by atoms with Crippen LogP contribution in [0.3, 0.4) is 0 Å². The number of hydrogen-bond acceptors (Lipinski definition) is 3. The first-order valence-electron chi connectivity index (χ1n) is 13.0. The summed E-state index contributed by atoms with van der Waals surface area (Å²) in [5.41, 5.74) is 1.38. The molecule has 1 aliphatic heterocycles. The topological polar surface area (TPSA) is 33.6 Å². The van der Waals surface area contributed by atoms with Crippen LogP contribution in [0.15, 0.2) is 107 Å². The molecule has 1 heterocycles. The number of alkyl halides is 2. The SMILES string of the molecule is Cc1ccc(C(NC2=N[C@](C)(c3cc(Br)ccc3F)C(F)(F)COC2)(c2ccccc2)c2ccc(C)cc2)cc1. The normalized spacial score (nSPS) is 19.0. The molecule has 0 spiro atoms. The Morgan fingerprint density at radius 3 is 1.95 bits per heavy atom. The standard InChI is InChI=1S/C33H30BrF3N2O/c1-22-9-13-25(14-10-22)33(24-7-5-4-6-8-24,26-15-11-23(2)12-16-26)39-30-20-40-21-32(36,37)31(3,38-30)28-19-27(34)17-18-29(28)35/h4-19H,20-21H2,1-3H3,(H,38,39)/t31-/m1/s1. The number of nitrogens with one attached hydrogen (secondary N) is 1. The minimum Gasteiger partial charge on any atom is -0.367 e. The first-order valence-corrected chi connectivity index (χ1v) is 13.8. The van der Waals surface area contributed by atoms with Crippen molar-refractivity contribution in [2.24, 2.45) is 4.99 Å². The van der Waals surface area contributed by atoms with E-state index in [1.807, 2.05) is 92.7 Å². The van der Waals surface area contributed by atoms with Gasteiger partial charge in [-0.25, -0.2) is 13.2 Å². The lowest BCUT2D eigenvalue weighted by molar-refractivity contribution is -0.116. The Morgan fingerprint density at radius 2 is 1.38 bits per heavy atom. The molecule has 206 valence electrons. The number of ether oxygens (including phenoxy) is 1. The summed E-state index contributed by atoms with van der Waals surface area (Å²) in [5, 5.41) is 3.55. The fourth-order valence-corrected chi connectivity index (χ4v) is 5.58. The molecule has 1 atom stereocenters. The number of aliphatic imine (C=N–C) groups is 1. The lowest BCUT2D eigenvalue weighted by Gasteiger charge is -2.39. The predicted octanol–water partition coefficient (Wildman–Crippen LogP) is 8.07. The summed E-state index contributed by atoms with van der Waals surface area (Å²) in [6.45, 7) is 4.17. The van der Waals surface area contributed by atoms with Crippen molar-refractivity contribution in [2.45, 2.75) is 37.8 Å². The van der Waals surface area contributed by atoms with Crippen LogP contribution in [-0.4, -0.2) is 25.0 Å². The van der Waals surface area contributed by atoms with Crippen LogP contribution in [0.2, 0.25) is 0 Å². The van der Waals surface area contributed by atoms with Crippen molar-refractivity contribution in [3.05, 3.63) is 141 Å². The van der Waals surface area contributed by atoms with Crippen LogP contribution >= 0.6 is 15.9 Å². The average molecular weight is 608 g/mol. The summed E-state index contributed by atoms with van der Waals surface area (Å²) >= 11 is 3.30. The molecule has 3 nitrogen and oxygen atoms in total. The molecule has 0 amide bonds. The van der Waals surface area contributed by atoms with E-state index in [1.54, 1.807) is 0 Å². The Morgan fingerprint density at radius 1 is 0.825 bits per heavy atom. The molecule has 0 bridgehead atoms. The van der Waals surface area contributed by atoms with Gasteiger partial charge in [0.05, 0.1) is 0 Å². The minimum atomic E-state index is -3.48. The van der Waals surface area contributed by atoms with Gasteiger partial charge >= 0.3 is 0 Å². The Hall–Kier alpha value is -3.42. The molecule has 1 N–H and O–H groups in total. The van der Waals surface area contributed by atoms with Gasteiger partial charge < -0.3 is 10.1 Å². The highest BCUT2D eigenvalue weighted by molar-refractivity contribution is 9.10. The van der Waals surface area contributed by atoms with Gasteiger partial charge in [-0.1, -0.05) is 106 Å². The van der Waals surface area contributed by atoms with E-state index >= 15 is 13.2 Å². The van der Waals surface area contributed by atoms with Crippen molar-refractivity contribution in [1.82, 2.24) is 5.32 Å². The van der Waals surface area contributed by atoms with E-state index in [0.717, 1.165) is 27.8 Å². The fourth-order valence-electron chi connectivity index (χ4n) is 5.22. The number of halogens is 4. The lowest BCUT2D eigenvalue weighted by Crippen LogP contribution is -2.50. The number of nitrogens with zero attached hydrogens (tertiary/aromatic N) is 1. The number of hydrogen-bond donors (Lipinski definition) is 1. The lowest BCUT2D eigenvalue weighted by atomic mass is 9.76. The van der Waals surface area contributed by atoms with Gasteiger partial charge in [0.25, 0.3) is 5.92 Å². The summed E-state index contributed by atoms with van der Waals surface area (Å²) < 4.78 is 52.6. The molecule has 0 unspecified atom stereocenters. The monoisotopic (exact) mass is 606 g/mol. The van der Waals surface area contributed by atoms with Gasteiger partial charge in [-0.05, 0) is 55.7 Å². The zero-order valence-corrected chi connectivity index (χ0v) is 24.1. The first kappa shape index (κ1) is 28.1. The van der Waals surface area contributed by atoms with Crippen LogP contribution in [0.25, 0.3) is 0 Å². The first-order chi connectivity index (χ1) is 19.0. The second-order valence-corrected chi connectivity index (χ2v) is 11.3. The fraction of sp³-hybridized carbons (Fsp3) is 0.242. The molecule has 0 saturated carbocycles. The smallest absolute Gasteiger partial charge is 0.299 e. The van der Waals surface area contributed by atoms with Crippen molar-refractivity contribution >= 4 is 21.8 Å². The quantitative estimate of drug-likeness (QED) is 0.233. The molecule has 0 radical (unpaired) electrons. The Kier molecular flexibility index (Phi) is 7.64. The van der Waals surface area contributed by atoms with E-state index in [9.17, 15) is 0 Å². The Balaban J connectivity index is 1.77. The summed E-state index contributed by atoms with van der Waals surface area (Å²) in [4.78, 5) is 4.60. The van der Waals surface area contributed by atoms with Gasteiger partial charge in [-0.2, -0.15) is 0 Å². The molecule has 4 aromatic carbocycles. The Labute approximate surface area is 241 Å². The van der Waals surface area contributed by atoms with Crippen molar-refractivity contribution in [3.8, 4) is 0 Å². The van der Waals surface area contributed by atoms with Crippen LogP contribution in [-0.2, 0) is 15.8 Å². The van der Waals surface area contributed by atoms with Crippen LogP contribution in [0.5, 0.6) is 0 Å². The van der Waals surface area contributed by atoms with E-state index in [1.165, 1.54) is 25.1 Å². The maximum atomic E-state index is 15.7. The third-order valence-electron chi connectivity index (χ3n) is 7.55. The minimum absolute atomic E-state index is 0.184. The number of rotatable bonds is 5. The van der Waals surface area contributed by atoms with Crippen molar-refractivity contribution in [1.29, 1.82) is 0 Å². The summed E-state index contributed by atoms with van der Waals surface area (Å²) in [7, 11) is 0. The summed E-state index contributed by atoms with van der Waals surface area (Å²) in [5.74, 6) is -4.06. The number of benzene rings is 4. The zero-order chi connectivity index (χ0) is 28.5. The zero-order valence-electron chi connectivity index (χ0n) is 22.5. The predicted molar refractivity (Wildman–Crippen MR) is 156 cm³/mol. The van der Waals surface area contributed by atoms with Gasteiger partial charge in [-0.3, -0.25) is 4.99 Å². The van der Waals surface area contributed by atoms with Gasteiger partial charge in [0.1, 0.15) is 30.4 Å². The second-order valence-electron chi connectivity index (χ2n) is 10.4. The van der Waals surface area contributed by atoms with Crippen molar-refractivity contribution < 1.29 is 17.9 Å². The van der Waals surface area contributed by atoms with Gasteiger partial charge in [0.2, 0.25) is 0 Å². The molecular weight excluding hydrogens is 577 g/mol. The molecular formula is C33H30BrF3N2O. The molecule has 40 heavy (non-hydrogen) atoms. The van der Waals surface area contributed by atoms with Crippen LogP contribution in [0, 0.1) is 19.7 Å². The maximum absolute atomic E-state index is 15.7. The largest absolute Gasteiger partial charge is 0.367 e. The third-order valence-corrected chi connectivity index (χ3v) is 8.05. The number of aryl methyl sites for hydroxylation is 2. The molecule has 0 saturated heterocycles. The van der Waals surface area contributed by atoms with Gasteiger partial charge in [-0.15, -0.1) is 0 Å². The summed E-state index contributed by atoms with van der Waals surface area (Å²) in [6.07, 6.45) is 0. The molecule has 4 aromatic rings. The molecule has 0 aromatic heterocycles.